The average Bonchev–Trinajstić information content (AvgIpc) is 2.49. The number of nitrogens with one attached hydrogen (secondary N) is 1. The van der Waals surface area contributed by atoms with Gasteiger partial charge in [0.25, 0.3) is 0 Å². The number of hydrogen-bond donors (Lipinski definition) is 1. The summed E-state index contributed by atoms with van der Waals surface area (Å²) >= 11 is 0. The van der Waals surface area contributed by atoms with E-state index in [1.807, 2.05) is 6.07 Å². The van der Waals surface area contributed by atoms with Crippen molar-refractivity contribution in [3.8, 4) is 0 Å². The highest BCUT2D eigenvalue weighted by Gasteiger charge is 2.30. The van der Waals surface area contributed by atoms with Gasteiger partial charge in [-0.25, -0.2) is 0 Å². The number of furan rings is 1. The number of halogens is 1. The first-order valence-corrected chi connectivity index (χ1v) is 5.43. The number of aryl methyl sites for hydroxylation is 1. The summed E-state index contributed by atoms with van der Waals surface area (Å²) in [7, 11) is 0. The molecule has 1 aromatic rings. The molecule has 1 N–H and O–H groups in total. The highest BCUT2D eigenvalue weighted by Crippen LogP contribution is 2.39. The van der Waals surface area contributed by atoms with Crippen molar-refractivity contribution in [2.45, 2.75) is 39.7 Å². The normalized spacial score (nSPS) is 18.0. The van der Waals surface area contributed by atoms with Crippen LogP contribution in [0.25, 0.3) is 0 Å². The predicted molar refractivity (Wildman–Crippen MR) is 64.4 cm³/mol. The van der Waals surface area contributed by atoms with E-state index in [1.54, 1.807) is 6.26 Å². The van der Waals surface area contributed by atoms with Crippen LogP contribution in [0.15, 0.2) is 16.7 Å². The minimum atomic E-state index is 0. The van der Waals surface area contributed by atoms with Crippen LogP contribution in [0.3, 0.4) is 0 Å². The molecule has 86 valence electrons. The Balaban J connectivity index is 0.00000112. The number of hydrogen-bond acceptors (Lipinski definition) is 2. The summed E-state index contributed by atoms with van der Waals surface area (Å²) in [6.07, 6.45) is 5.91. The summed E-state index contributed by atoms with van der Waals surface area (Å²) in [4.78, 5) is 0. The van der Waals surface area contributed by atoms with E-state index in [4.69, 9.17) is 4.42 Å². The molecule has 0 aromatic carbocycles. The molecule has 2 nitrogen and oxygen atoms in total. The summed E-state index contributed by atoms with van der Waals surface area (Å²) in [5.74, 6) is 1.08. The fourth-order valence-electron chi connectivity index (χ4n) is 2.02. The molecule has 0 unspecified atom stereocenters. The molecule has 0 saturated heterocycles. The van der Waals surface area contributed by atoms with Crippen molar-refractivity contribution in [3.05, 3.63) is 23.7 Å². The first kappa shape index (κ1) is 12.6. The topological polar surface area (TPSA) is 25.2 Å². The Morgan fingerprint density at radius 3 is 2.67 bits per heavy atom. The quantitative estimate of drug-likeness (QED) is 0.857. The second-order valence-electron chi connectivity index (χ2n) is 4.79. The summed E-state index contributed by atoms with van der Waals surface area (Å²) in [6, 6.07) is 2.02. The highest BCUT2D eigenvalue weighted by molar-refractivity contribution is 5.85. The van der Waals surface area contributed by atoms with Crippen LogP contribution in [-0.4, -0.2) is 6.54 Å². The van der Waals surface area contributed by atoms with Gasteiger partial charge in [-0.1, -0.05) is 13.3 Å². The van der Waals surface area contributed by atoms with Gasteiger partial charge in [-0.3, -0.25) is 0 Å². The SMILES string of the molecule is Cc1ccoc1CNCC1(C)CCC1.Cl. The zero-order chi connectivity index (χ0) is 10.0. The summed E-state index contributed by atoms with van der Waals surface area (Å²) in [5.41, 5.74) is 1.80. The third-order valence-electron chi connectivity index (χ3n) is 3.37. The van der Waals surface area contributed by atoms with Gasteiger partial charge < -0.3 is 9.73 Å². The number of rotatable bonds is 4. The molecule has 1 saturated carbocycles. The third kappa shape index (κ3) is 2.99. The molecule has 1 heterocycles. The summed E-state index contributed by atoms with van der Waals surface area (Å²) in [5, 5.41) is 3.48. The minimum absolute atomic E-state index is 0. The van der Waals surface area contributed by atoms with Crippen molar-refractivity contribution in [3.63, 3.8) is 0 Å². The Kier molecular flexibility index (Phi) is 4.23. The van der Waals surface area contributed by atoms with Gasteiger partial charge >= 0.3 is 0 Å². The van der Waals surface area contributed by atoms with Gasteiger partial charge in [-0.05, 0) is 36.8 Å². The lowest BCUT2D eigenvalue weighted by Crippen LogP contribution is -2.36. The van der Waals surface area contributed by atoms with E-state index in [1.165, 1.54) is 24.8 Å². The van der Waals surface area contributed by atoms with Crippen LogP contribution in [0.5, 0.6) is 0 Å². The van der Waals surface area contributed by atoms with Gasteiger partial charge in [0.15, 0.2) is 0 Å². The maximum absolute atomic E-state index is 5.37. The van der Waals surface area contributed by atoms with Crippen molar-refractivity contribution < 1.29 is 4.42 Å². The van der Waals surface area contributed by atoms with Gasteiger partial charge in [0.05, 0.1) is 12.8 Å². The molecule has 1 fully saturated rings. The van der Waals surface area contributed by atoms with Gasteiger partial charge in [0, 0.05) is 6.54 Å². The molecule has 15 heavy (non-hydrogen) atoms. The zero-order valence-electron chi connectivity index (χ0n) is 9.51. The van der Waals surface area contributed by atoms with E-state index in [-0.39, 0.29) is 12.4 Å². The maximum atomic E-state index is 5.37. The highest BCUT2D eigenvalue weighted by atomic mass is 35.5. The predicted octanol–water partition coefficient (Wildman–Crippen LogP) is 3.29. The molecule has 0 aliphatic heterocycles. The minimum Gasteiger partial charge on any atom is -0.468 e. The fraction of sp³-hybridized carbons (Fsp3) is 0.667. The molecule has 0 amide bonds. The van der Waals surface area contributed by atoms with Crippen LogP contribution in [0.1, 0.15) is 37.5 Å². The zero-order valence-corrected chi connectivity index (χ0v) is 10.3. The van der Waals surface area contributed by atoms with Gasteiger partial charge in [-0.15, -0.1) is 12.4 Å². The molecule has 3 heteroatoms. The molecule has 0 radical (unpaired) electrons. The first-order valence-electron chi connectivity index (χ1n) is 5.43. The van der Waals surface area contributed by atoms with Crippen molar-refractivity contribution in [2.75, 3.05) is 6.54 Å². The van der Waals surface area contributed by atoms with Gasteiger partial charge in [0.2, 0.25) is 0 Å². The van der Waals surface area contributed by atoms with Gasteiger partial charge in [-0.2, -0.15) is 0 Å². The molecular formula is C12H20ClNO. The molecule has 0 spiro atoms. The van der Waals surface area contributed by atoms with Crippen molar-refractivity contribution in [1.82, 2.24) is 5.32 Å². The van der Waals surface area contributed by atoms with Crippen LogP contribution >= 0.6 is 12.4 Å². The van der Waals surface area contributed by atoms with Crippen molar-refractivity contribution in [2.24, 2.45) is 5.41 Å². The largest absolute Gasteiger partial charge is 0.468 e. The van der Waals surface area contributed by atoms with E-state index in [9.17, 15) is 0 Å². The lowest BCUT2D eigenvalue weighted by molar-refractivity contribution is 0.155. The second kappa shape index (κ2) is 5.04. The second-order valence-corrected chi connectivity index (χ2v) is 4.79. The molecular weight excluding hydrogens is 210 g/mol. The summed E-state index contributed by atoms with van der Waals surface area (Å²) in [6.45, 7) is 6.44. The monoisotopic (exact) mass is 229 g/mol. The van der Waals surface area contributed by atoms with E-state index in [0.717, 1.165) is 18.8 Å². The van der Waals surface area contributed by atoms with E-state index in [2.05, 4.69) is 19.2 Å². The fourth-order valence-corrected chi connectivity index (χ4v) is 2.02. The van der Waals surface area contributed by atoms with Crippen molar-refractivity contribution in [1.29, 1.82) is 0 Å². The Labute approximate surface area is 97.8 Å². The molecule has 0 bridgehead atoms. The van der Waals surface area contributed by atoms with Gasteiger partial charge in [0.1, 0.15) is 5.76 Å². The molecule has 1 aliphatic rings. The van der Waals surface area contributed by atoms with E-state index in [0.29, 0.717) is 5.41 Å². The van der Waals surface area contributed by atoms with Crippen molar-refractivity contribution >= 4 is 12.4 Å². The Morgan fingerprint density at radius 2 is 2.20 bits per heavy atom. The van der Waals surface area contributed by atoms with Crippen LogP contribution in [0.4, 0.5) is 0 Å². The Bertz CT molecular complexity index is 304. The maximum Gasteiger partial charge on any atom is 0.120 e. The molecule has 1 aliphatic carbocycles. The Hall–Kier alpha value is -0.470. The third-order valence-corrected chi connectivity index (χ3v) is 3.37. The molecule has 1 aromatic heterocycles. The van der Waals surface area contributed by atoms with Crippen LogP contribution in [0, 0.1) is 12.3 Å². The van der Waals surface area contributed by atoms with E-state index >= 15 is 0 Å². The van der Waals surface area contributed by atoms with Crippen LogP contribution in [-0.2, 0) is 6.54 Å². The lowest BCUT2D eigenvalue weighted by Gasteiger charge is -2.38. The van der Waals surface area contributed by atoms with Crippen LogP contribution in [0.2, 0.25) is 0 Å². The van der Waals surface area contributed by atoms with Crippen LogP contribution < -0.4 is 5.32 Å². The Morgan fingerprint density at radius 1 is 1.47 bits per heavy atom. The lowest BCUT2D eigenvalue weighted by atomic mass is 9.70. The average molecular weight is 230 g/mol. The smallest absolute Gasteiger partial charge is 0.120 e. The molecule has 0 atom stereocenters. The summed E-state index contributed by atoms with van der Waals surface area (Å²) < 4.78 is 5.37. The first-order chi connectivity index (χ1) is 6.70. The molecule has 2 rings (SSSR count). The van der Waals surface area contributed by atoms with E-state index < -0.39 is 0 Å². The standard InChI is InChI=1S/C12H19NO.ClH/c1-10-4-7-14-11(10)8-13-9-12(2)5-3-6-12;/h4,7,13H,3,5-6,8-9H2,1-2H3;1H.